The van der Waals surface area contributed by atoms with E-state index >= 15 is 0 Å². The molecule has 1 aliphatic carbocycles. The van der Waals surface area contributed by atoms with Gasteiger partial charge in [-0.2, -0.15) is 4.99 Å². The molecule has 0 aromatic heterocycles. The molecule has 0 spiro atoms. The van der Waals surface area contributed by atoms with Crippen LogP contribution in [0.15, 0.2) is 53.5 Å². The molecule has 0 aliphatic heterocycles. The summed E-state index contributed by atoms with van der Waals surface area (Å²) in [7, 11) is 0. The van der Waals surface area contributed by atoms with Crippen molar-refractivity contribution in [2.24, 2.45) is 16.8 Å². The minimum Gasteiger partial charge on any atom is -0.195 e. The standard InChI is InChI=1S/C27H31NS/c1-2-3-4-22-5-7-23(8-6-22)9-10-24-11-13-25(14-12-24)15-16-26-17-19-27(20-18-26)28-21-29/h11-14,17-20,22-23H,2-10H2,1H3. The van der Waals surface area contributed by atoms with Gasteiger partial charge in [0.1, 0.15) is 0 Å². The Morgan fingerprint density at radius 3 is 1.93 bits per heavy atom. The predicted octanol–water partition coefficient (Wildman–Crippen LogP) is 7.75. The summed E-state index contributed by atoms with van der Waals surface area (Å²) < 4.78 is 0. The number of benzene rings is 2. The molecular formula is C27H31NS. The maximum Gasteiger partial charge on any atom is 0.0740 e. The lowest BCUT2D eigenvalue weighted by molar-refractivity contribution is 0.250. The molecule has 0 radical (unpaired) electrons. The van der Waals surface area contributed by atoms with E-state index in [0.29, 0.717) is 0 Å². The van der Waals surface area contributed by atoms with Gasteiger partial charge in [0.25, 0.3) is 0 Å². The third-order valence-corrected chi connectivity index (χ3v) is 6.21. The van der Waals surface area contributed by atoms with Crippen molar-refractivity contribution >= 4 is 23.1 Å². The van der Waals surface area contributed by atoms with Crippen molar-refractivity contribution < 1.29 is 0 Å². The highest BCUT2D eigenvalue weighted by Crippen LogP contribution is 2.34. The zero-order valence-electron chi connectivity index (χ0n) is 17.5. The molecule has 29 heavy (non-hydrogen) atoms. The van der Waals surface area contributed by atoms with Gasteiger partial charge >= 0.3 is 0 Å². The first kappa shape index (κ1) is 21.5. The van der Waals surface area contributed by atoms with Crippen molar-refractivity contribution in [3.63, 3.8) is 0 Å². The molecule has 3 rings (SSSR count). The molecule has 0 heterocycles. The summed E-state index contributed by atoms with van der Waals surface area (Å²) >= 11 is 4.62. The summed E-state index contributed by atoms with van der Waals surface area (Å²) in [5.41, 5.74) is 4.29. The summed E-state index contributed by atoms with van der Waals surface area (Å²) in [6.07, 6.45) is 12.5. The van der Waals surface area contributed by atoms with E-state index in [0.717, 1.165) is 28.7 Å². The van der Waals surface area contributed by atoms with E-state index < -0.39 is 0 Å². The number of nitrogens with zero attached hydrogens (tertiary/aromatic N) is 1. The van der Waals surface area contributed by atoms with Crippen LogP contribution in [0.3, 0.4) is 0 Å². The first-order valence-corrected chi connectivity index (χ1v) is 11.5. The second-order valence-electron chi connectivity index (χ2n) is 8.26. The second-order valence-corrected chi connectivity index (χ2v) is 8.45. The number of thiocarbonyl (C=S) groups is 1. The zero-order chi connectivity index (χ0) is 20.3. The molecule has 0 saturated heterocycles. The van der Waals surface area contributed by atoms with Gasteiger partial charge in [-0.15, -0.1) is 0 Å². The fourth-order valence-corrected chi connectivity index (χ4v) is 4.35. The van der Waals surface area contributed by atoms with Crippen LogP contribution >= 0.6 is 12.2 Å². The first-order chi connectivity index (χ1) is 14.3. The third kappa shape index (κ3) is 7.28. The topological polar surface area (TPSA) is 12.4 Å². The van der Waals surface area contributed by atoms with Gasteiger partial charge in [-0.25, -0.2) is 0 Å². The van der Waals surface area contributed by atoms with Crippen LogP contribution in [-0.2, 0) is 6.42 Å². The molecule has 0 atom stereocenters. The van der Waals surface area contributed by atoms with E-state index in [1.165, 1.54) is 63.4 Å². The van der Waals surface area contributed by atoms with Crippen molar-refractivity contribution in [3.05, 3.63) is 65.2 Å². The van der Waals surface area contributed by atoms with Crippen LogP contribution in [0.2, 0.25) is 0 Å². The van der Waals surface area contributed by atoms with Gasteiger partial charge in [0, 0.05) is 11.1 Å². The normalized spacial score (nSPS) is 18.4. The highest BCUT2D eigenvalue weighted by molar-refractivity contribution is 7.78. The molecule has 1 aliphatic rings. The van der Waals surface area contributed by atoms with Crippen LogP contribution in [0.1, 0.15) is 75.0 Å². The summed E-state index contributed by atoms with van der Waals surface area (Å²) in [5, 5.41) is 2.38. The second kappa shape index (κ2) is 11.7. The fraction of sp³-hybridized carbons (Fsp3) is 0.444. The van der Waals surface area contributed by atoms with Crippen LogP contribution in [0.25, 0.3) is 0 Å². The van der Waals surface area contributed by atoms with Gasteiger partial charge < -0.3 is 0 Å². The van der Waals surface area contributed by atoms with Gasteiger partial charge in [-0.3, -0.25) is 0 Å². The number of unbranched alkanes of at least 4 members (excludes halogenated alkanes) is 1. The molecule has 2 aromatic carbocycles. The number of hydrogen-bond donors (Lipinski definition) is 0. The Kier molecular flexibility index (Phi) is 8.69. The molecule has 0 bridgehead atoms. The van der Waals surface area contributed by atoms with Gasteiger partial charge in [0.2, 0.25) is 0 Å². The maximum atomic E-state index is 4.62. The average molecular weight is 402 g/mol. The predicted molar refractivity (Wildman–Crippen MR) is 127 cm³/mol. The number of aliphatic imine (C=N–C) groups is 1. The Labute approximate surface area is 181 Å². The van der Waals surface area contributed by atoms with Gasteiger partial charge in [-0.1, -0.05) is 75.8 Å². The lowest BCUT2D eigenvalue weighted by Crippen LogP contribution is -2.15. The molecule has 0 amide bonds. The molecule has 1 fully saturated rings. The van der Waals surface area contributed by atoms with Gasteiger partial charge in [0.05, 0.1) is 10.8 Å². The third-order valence-electron chi connectivity index (χ3n) is 6.12. The largest absolute Gasteiger partial charge is 0.195 e. The van der Waals surface area contributed by atoms with E-state index in [9.17, 15) is 0 Å². The lowest BCUT2D eigenvalue weighted by Gasteiger charge is -2.28. The molecule has 2 aromatic rings. The Morgan fingerprint density at radius 1 is 0.828 bits per heavy atom. The van der Waals surface area contributed by atoms with E-state index in [-0.39, 0.29) is 0 Å². The van der Waals surface area contributed by atoms with Gasteiger partial charge in [-0.05, 0) is 78.9 Å². The highest BCUT2D eigenvalue weighted by atomic mass is 32.1. The van der Waals surface area contributed by atoms with Crippen LogP contribution in [0, 0.1) is 23.7 Å². The monoisotopic (exact) mass is 401 g/mol. The molecule has 2 heteroatoms. The number of hydrogen-bond acceptors (Lipinski definition) is 2. The SMILES string of the molecule is CCCCC1CCC(CCc2ccc(C#Cc3ccc(N=C=S)cc3)cc2)CC1. The van der Waals surface area contributed by atoms with E-state index in [1.54, 1.807) is 0 Å². The van der Waals surface area contributed by atoms with Crippen LogP contribution in [0.5, 0.6) is 0 Å². The van der Waals surface area contributed by atoms with Crippen molar-refractivity contribution in [3.8, 4) is 11.8 Å². The van der Waals surface area contributed by atoms with Crippen molar-refractivity contribution in [1.29, 1.82) is 0 Å². The Balaban J connectivity index is 1.45. The van der Waals surface area contributed by atoms with Crippen molar-refractivity contribution in [2.75, 3.05) is 0 Å². The maximum absolute atomic E-state index is 4.62. The van der Waals surface area contributed by atoms with E-state index in [2.05, 4.69) is 65.4 Å². The van der Waals surface area contributed by atoms with Crippen LogP contribution < -0.4 is 0 Å². The molecular weight excluding hydrogens is 370 g/mol. The average Bonchev–Trinajstić information content (AvgIpc) is 2.77. The Bertz CT molecular complexity index is 855. The minimum atomic E-state index is 0.810. The van der Waals surface area contributed by atoms with E-state index in [1.807, 2.05) is 24.3 Å². The Morgan fingerprint density at radius 2 is 1.38 bits per heavy atom. The number of isothiocyanates is 1. The fourth-order valence-electron chi connectivity index (χ4n) is 4.24. The molecule has 0 unspecified atom stereocenters. The summed E-state index contributed by atoms with van der Waals surface area (Å²) in [6.45, 7) is 2.30. The van der Waals surface area contributed by atoms with Crippen LogP contribution in [-0.4, -0.2) is 5.16 Å². The van der Waals surface area contributed by atoms with Crippen molar-refractivity contribution in [1.82, 2.24) is 0 Å². The van der Waals surface area contributed by atoms with E-state index in [4.69, 9.17) is 0 Å². The minimum absolute atomic E-state index is 0.810. The van der Waals surface area contributed by atoms with Crippen LogP contribution in [0.4, 0.5) is 5.69 Å². The summed E-state index contributed by atoms with van der Waals surface area (Å²) in [5.74, 6) is 8.40. The molecule has 0 N–H and O–H groups in total. The smallest absolute Gasteiger partial charge is 0.0740 e. The highest BCUT2D eigenvalue weighted by Gasteiger charge is 2.20. The first-order valence-electron chi connectivity index (χ1n) is 11.1. The molecule has 1 saturated carbocycles. The summed E-state index contributed by atoms with van der Waals surface area (Å²) in [6, 6.07) is 16.5. The molecule has 150 valence electrons. The summed E-state index contributed by atoms with van der Waals surface area (Å²) in [4.78, 5) is 3.96. The zero-order valence-corrected chi connectivity index (χ0v) is 18.3. The molecule has 1 nitrogen and oxygen atoms in total. The van der Waals surface area contributed by atoms with Crippen molar-refractivity contribution in [2.45, 2.75) is 64.7 Å². The number of aryl methyl sites for hydroxylation is 1. The number of rotatable bonds is 7. The Hall–Kier alpha value is -2.20. The van der Waals surface area contributed by atoms with Gasteiger partial charge in [0.15, 0.2) is 0 Å². The lowest BCUT2D eigenvalue weighted by atomic mass is 9.78. The quantitative estimate of drug-likeness (QED) is 0.262.